The lowest BCUT2D eigenvalue weighted by Gasteiger charge is -2.29. The fourth-order valence-corrected chi connectivity index (χ4v) is 3.91. The molecule has 0 heterocycles. The summed E-state index contributed by atoms with van der Waals surface area (Å²) in [5.41, 5.74) is 2.67. The molecule has 34 heavy (non-hydrogen) atoms. The maximum absolute atomic E-state index is 13.2. The number of ether oxygens (including phenoxy) is 1. The smallest absolute Gasteiger partial charge is 0.309 e. The Morgan fingerprint density at radius 3 is 1.65 bits per heavy atom. The molecule has 4 aromatic carbocycles. The summed E-state index contributed by atoms with van der Waals surface area (Å²) >= 11 is 0. The molecule has 0 aromatic heterocycles. The molecule has 4 aromatic rings. The molecule has 2 N–H and O–H groups in total. The second kappa shape index (κ2) is 11.3. The van der Waals surface area contributed by atoms with E-state index in [-0.39, 0.29) is 6.42 Å². The summed E-state index contributed by atoms with van der Waals surface area (Å²) in [7, 11) is 0. The molecule has 0 aliphatic rings. The van der Waals surface area contributed by atoms with E-state index >= 15 is 0 Å². The number of benzene rings is 4. The van der Waals surface area contributed by atoms with Gasteiger partial charge < -0.3 is 9.84 Å². The predicted molar refractivity (Wildman–Crippen MR) is 131 cm³/mol. The van der Waals surface area contributed by atoms with E-state index in [1.807, 2.05) is 97.1 Å². The number of anilines is 1. The molecule has 3 atom stereocenters. The molecule has 0 aliphatic heterocycles. The Balaban J connectivity index is 1.59. The molecule has 0 saturated heterocycles. The van der Waals surface area contributed by atoms with Crippen molar-refractivity contribution in [1.82, 2.24) is 0 Å². The van der Waals surface area contributed by atoms with Gasteiger partial charge in [0.25, 0.3) is 0 Å². The van der Waals surface area contributed by atoms with Crippen molar-refractivity contribution in [3.8, 4) is 0 Å². The van der Waals surface area contributed by atoms with Crippen LogP contribution in [-0.4, -0.2) is 16.3 Å². The van der Waals surface area contributed by atoms with Crippen LogP contribution in [0.4, 0.5) is 5.69 Å². The first kappa shape index (κ1) is 23.2. The third-order valence-electron chi connectivity index (χ3n) is 5.67. The van der Waals surface area contributed by atoms with Gasteiger partial charge in [0.2, 0.25) is 0 Å². The molecule has 172 valence electrons. The Bertz CT molecular complexity index is 1060. The van der Waals surface area contributed by atoms with Gasteiger partial charge in [-0.1, -0.05) is 109 Å². The maximum Gasteiger partial charge on any atom is 0.309 e. The van der Waals surface area contributed by atoms with Gasteiger partial charge in [0.05, 0.1) is 18.2 Å². The van der Waals surface area contributed by atoms with E-state index in [0.29, 0.717) is 16.8 Å². The third-order valence-corrected chi connectivity index (χ3v) is 5.67. The zero-order valence-electron chi connectivity index (χ0n) is 18.6. The fraction of sp³-hybridized carbons (Fsp3) is 0.138. The van der Waals surface area contributed by atoms with Gasteiger partial charge in [-0.2, -0.15) is 0 Å². The molecule has 5 heteroatoms. The topological polar surface area (TPSA) is 70.0 Å². The molecule has 0 amide bonds. The SMILES string of the molecule is O=C(CC(c1ccccc1)N(O)c1ccccc1)OC(c1ccccc1)C(O)c1ccccc1. The molecule has 4 rings (SSSR count). The number of carbonyl (C=O) groups excluding carboxylic acids is 1. The van der Waals surface area contributed by atoms with Crippen LogP contribution in [0.2, 0.25) is 0 Å². The molecule has 3 unspecified atom stereocenters. The van der Waals surface area contributed by atoms with E-state index in [0.717, 1.165) is 10.6 Å². The number of nitrogens with zero attached hydrogens (tertiary/aromatic N) is 1. The van der Waals surface area contributed by atoms with Crippen molar-refractivity contribution in [2.75, 3.05) is 5.06 Å². The molecule has 5 nitrogen and oxygen atoms in total. The largest absolute Gasteiger partial charge is 0.454 e. The summed E-state index contributed by atoms with van der Waals surface area (Å²) in [6, 6.07) is 36.0. The number of esters is 1. The molecular weight excluding hydrogens is 426 g/mol. The molecule has 0 aliphatic carbocycles. The van der Waals surface area contributed by atoms with Crippen molar-refractivity contribution in [2.24, 2.45) is 0 Å². The number of hydrogen-bond acceptors (Lipinski definition) is 5. The minimum atomic E-state index is -1.04. The Kier molecular flexibility index (Phi) is 7.71. The van der Waals surface area contributed by atoms with E-state index in [4.69, 9.17) is 4.74 Å². The summed E-state index contributed by atoms with van der Waals surface area (Å²) in [5.74, 6) is -0.535. The van der Waals surface area contributed by atoms with Crippen molar-refractivity contribution >= 4 is 11.7 Å². The van der Waals surface area contributed by atoms with Gasteiger partial charge in [-0.3, -0.25) is 10.0 Å². The Hall–Kier alpha value is -3.93. The lowest BCUT2D eigenvalue weighted by Crippen LogP contribution is -2.29. The molecule has 0 fully saturated rings. The van der Waals surface area contributed by atoms with Gasteiger partial charge in [0.15, 0.2) is 6.10 Å². The fourth-order valence-electron chi connectivity index (χ4n) is 3.91. The molecule has 0 radical (unpaired) electrons. The zero-order valence-corrected chi connectivity index (χ0v) is 18.6. The second-order valence-electron chi connectivity index (χ2n) is 7.99. The number of carbonyl (C=O) groups is 1. The van der Waals surface area contributed by atoms with Gasteiger partial charge in [-0.15, -0.1) is 0 Å². The first-order valence-corrected chi connectivity index (χ1v) is 11.2. The maximum atomic E-state index is 13.2. The minimum Gasteiger partial charge on any atom is -0.454 e. The van der Waals surface area contributed by atoms with Crippen molar-refractivity contribution in [2.45, 2.75) is 24.7 Å². The number of para-hydroxylation sites is 1. The Morgan fingerprint density at radius 1 is 0.676 bits per heavy atom. The lowest BCUT2D eigenvalue weighted by atomic mass is 9.98. The number of aliphatic hydroxyl groups excluding tert-OH is 1. The first-order valence-electron chi connectivity index (χ1n) is 11.2. The minimum absolute atomic E-state index is 0.111. The highest BCUT2D eigenvalue weighted by Crippen LogP contribution is 2.34. The van der Waals surface area contributed by atoms with Crippen LogP contribution < -0.4 is 5.06 Å². The Morgan fingerprint density at radius 2 is 1.12 bits per heavy atom. The summed E-state index contributed by atoms with van der Waals surface area (Å²) in [6.45, 7) is 0. The highest BCUT2D eigenvalue weighted by molar-refractivity contribution is 5.72. The van der Waals surface area contributed by atoms with Crippen molar-refractivity contribution < 1.29 is 19.8 Å². The van der Waals surface area contributed by atoms with Crippen LogP contribution in [0.3, 0.4) is 0 Å². The van der Waals surface area contributed by atoms with Crippen molar-refractivity contribution in [3.05, 3.63) is 138 Å². The normalized spacial score (nSPS) is 13.5. The quantitative estimate of drug-likeness (QED) is 0.239. The van der Waals surface area contributed by atoms with E-state index in [1.54, 1.807) is 24.3 Å². The second-order valence-corrected chi connectivity index (χ2v) is 7.99. The third kappa shape index (κ3) is 5.70. The van der Waals surface area contributed by atoms with E-state index in [1.165, 1.54) is 0 Å². The summed E-state index contributed by atoms with van der Waals surface area (Å²) < 4.78 is 5.86. The molecule has 0 bridgehead atoms. The summed E-state index contributed by atoms with van der Waals surface area (Å²) in [5, 5.41) is 23.2. The van der Waals surface area contributed by atoms with Gasteiger partial charge in [-0.05, 0) is 28.8 Å². The van der Waals surface area contributed by atoms with E-state index < -0.39 is 24.2 Å². The van der Waals surface area contributed by atoms with Gasteiger partial charge in [0.1, 0.15) is 6.10 Å². The average molecular weight is 454 g/mol. The van der Waals surface area contributed by atoms with E-state index in [9.17, 15) is 15.1 Å². The van der Waals surface area contributed by atoms with Gasteiger partial charge in [-0.25, -0.2) is 5.06 Å². The lowest BCUT2D eigenvalue weighted by molar-refractivity contribution is -0.157. The van der Waals surface area contributed by atoms with Crippen LogP contribution in [0.1, 0.15) is 41.4 Å². The average Bonchev–Trinajstić information content (AvgIpc) is 2.91. The number of hydroxylamine groups is 1. The van der Waals surface area contributed by atoms with Gasteiger partial charge in [0, 0.05) is 0 Å². The van der Waals surface area contributed by atoms with Crippen LogP contribution in [0.25, 0.3) is 0 Å². The highest BCUT2D eigenvalue weighted by Gasteiger charge is 2.30. The number of aliphatic hydroxyl groups is 1. The van der Waals surface area contributed by atoms with Crippen LogP contribution in [-0.2, 0) is 9.53 Å². The van der Waals surface area contributed by atoms with Crippen LogP contribution in [0.5, 0.6) is 0 Å². The van der Waals surface area contributed by atoms with Crippen LogP contribution in [0.15, 0.2) is 121 Å². The monoisotopic (exact) mass is 453 g/mol. The standard InChI is InChI=1S/C29H27NO4/c31-27(21-26(22-13-5-1-6-14-22)30(33)25-19-11-4-12-20-25)34-29(24-17-9-3-10-18-24)28(32)23-15-7-2-8-16-23/h1-20,26,28-29,32-33H,21H2. The highest BCUT2D eigenvalue weighted by atomic mass is 16.6. The summed E-state index contributed by atoms with van der Waals surface area (Å²) in [4.78, 5) is 13.2. The molecular formula is C29H27NO4. The van der Waals surface area contributed by atoms with Crippen LogP contribution >= 0.6 is 0 Å². The molecule has 0 saturated carbocycles. The number of rotatable bonds is 9. The first-order chi connectivity index (χ1) is 16.6. The number of hydrogen-bond donors (Lipinski definition) is 2. The predicted octanol–water partition coefficient (Wildman–Crippen LogP) is 6.03. The van der Waals surface area contributed by atoms with Crippen LogP contribution in [0, 0.1) is 0 Å². The summed E-state index contributed by atoms with van der Waals surface area (Å²) in [6.07, 6.45) is -2.04. The Labute approximate surface area is 199 Å². The van der Waals surface area contributed by atoms with E-state index in [2.05, 4.69) is 0 Å². The van der Waals surface area contributed by atoms with Crippen molar-refractivity contribution in [3.63, 3.8) is 0 Å². The van der Waals surface area contributed by atoms with Gasteiger partial charge >= 0.3 is 5.97 Å². The molecule has 0 spiro atoms. The zero-order chi connectivity index (χ0) is 23.8. The van der Waals surface area contributed by atoms with Crippen molar-refractivity contribution in [1.29, 1.82) is 0 Å².